The first kappa shape index (κ1) is 15.2. The van der Waals surface area contributed by atoms with Crippen LogP contribution in [0.15, 0.2) is 0 Å². The van der Waals surface area contributed by atoms with Crippen LogP contribution in [0.4, 0.5) is 0 Å². The Morgan fingerprint density at radius 1 is 1.40 bits per heavy atom. The van der Waals surface area contributed by atoms with Crippen molar-refractivity contribution in [3.8, 4) is 0 Å². The lowest BCUT2D eigenvalue weighted by atomic mass is 10.2. The van der Waals surface area contributed by atoms with Gasteiger partial charge in [0.1, 0.15) is 5.35 Å². The molecule has 1 radical (unpaired) electrons. The molecular formula is C10H21O3SSi. The largest absolute Gasteiger partial charge is 0.513 e. The third kappa shape index (κ3) is 8.01. The topological polar surface area (TPSA) is 49.7 Å². The van der Waals surface area contributed by atoms with Gasteiger partial charge in [-0.15, -0.1) is 0 Å². The molecule has 0 aliphatic rings. The molecule has 0 saturated heterocycles. The first-order chi connectivity index (χ1) is 7.11. The van der Waals surface area contributed by atoms with Gasteiger partial charge in [0.05, 0.1) is 9.13 Å². The summed E-state index contributed by atoms with van der Waals surface area (Å²) in [6, 6.07) is 0. The van der Waals surface area contributed by atoms with Crippen molar-refractivity contribution >= 4 is 27.1 Å². The average Bonchev–Trinajstić information content (AvgIpc) is 2.18. The predicted molar refractivity (Wildman–Crippen MR) is 67.2 cm³/mol. The van der Waals surface area contributed by atoms with E-state index in [9.17, 15) is 10.2 Å². The van der Waals surface area contributed by atoms with Crippen LogP contribution in [0.5, 0.6) is 0 Å². The van der Waals surface area contributed by atoms with E-state index in [0.717, 1.165) is 12.8 Å². The zero-order valence-electron chi connectivity index (χ0n) is 9.44. The Balaban J connectivity index is 3.87. The minimum absolute atomic E-state index is 0.00773. The Kier molecular flexibility index (Phi) is 9.49. The van der Waals surface area contributed by atoms with E-state index in [4.69, 9.17) is 4.74 Å². The molecule has 0 heterocycles. The van der Waals surface area contributed by atoms with Crippen LogP contribution in [-0.4, -0.2) is 42.5 Å². The minimum Gasteiger partial charge on any atom is -0.513 e. The zero-order chi connectivity index (χ0) is 11.7. The van der Waals surface area contributed by atoms with E-state index in [2.05, 4.69) is 19.6 Å². The van der Waals surface area contributed by atoms with Crippen molar-refractivity contribution in [2.24, 2.45) is 0 Å². The highest BCUT2D eigenvalue weighted by molar-refractivity contribution is 7.82. The van der Waals surface area contributed by atoms with Gasteiger partial charge in [0.2, 0.25) is 6.29 Å². The molecule has 0 saturated carbocycles. The number of thiol groups is 1. The van der Waals surface area contributed by atoms with E-state index in [1.807, 2.05) is 0 Å². The summed E-state index contributed by atoms with van der Waals surface area (Å²) in [5, 5.41) is 18.8. The van der Waals surface area contributed by atoms with Crippen LogP contribution < -0.4 is 0 Å². The van der Waals surface area contributed by atoms with E-state index in [-0.39, 0.29) is 19.4 Å². The molecule has 0 aliphatic carbocycles. The Morgan fingerprint density at radius 3 is 2.60 bits per heavy atom. The van der Waals surface area contributed by atoms with Crippen molar-refractivity contribution in [3.05, 3.63) is 0 Å². The lowest BCUT2D eigenvalue weighted by Crippen LogP contribution is -2.28. The number of aliphatic hydroxyl groups is 2. The van der Waals surface area contributed by atoms with Gasteiger partial charge in [-0.05, 0) is 13.3 Å². The van der Waals surface area contributed by atoms with Gasteiger partial charge >= 0.3 is 0 Å². The summed E-state index contributed by atoms with van der Waals surface area (Å²) < 4.78 is 4.87. The van der Waals surface area contributed by atoms with Gasteiger partial charge in [0.15, 0.2) is 0 Å². The standard InChI is InChI=1S/C10H21O3SSi/c1-3-5-6-7-8(14)15-10(12)9(11)13-4-2/h8-9,11-12,14H,3-7H2,1-2H3. The van der Waals surface area contributed by atoms with Crippen LogP contribution in [0.25, 0.3) is 0 Å². The first-order valence-electron chi connectivity index (χ1n) is 5.41. The molecule has 0 aromatic rings. The number of unbranched alkanes of at least 4 members (excludes halogenated alkanes) is 2. The number of hydrogen-bond donors (Lipinski definition) is 3. The summed E-state index contributed by atoms with van der Waals surface area (Å²) in [6.07, 6.45) is 3.32. The van der Waals surface area contributed by atoms with Crippen LogP contribution in [0, 0.1) is 0 Å². The summed E-state index contributed by atoms with van der Waals surface area (Å²) >= 11 is 4.37. The predicted octanol–water partition coefficient (Wildman–Crippen LogP) is 1.38. The molecule has 2 unspecified atom stereocenters. The highest BCUT2D eigenvalue weighted by Crippen LogP contribution is 2.06. The first-order valence-corrected chi connectivity index (χ1v) is 7.01. The van der Waals surface area contributed by atoms with E-state index < -0.39 is 6.29 Å². The molecule has 0 aliphatic heterocycles. The molecule has 0 aromatic carbocycles. The Bertz CT molecular complexity index is 188. The van der Waals surface area contributed by atoms with Crippen molar-refractivity contribution in [2.75, 3.05) is 6.61 Å². The molecule has 0 aromatic heterocycles. The van der Waals surface area contributed by atoms with Gasteiger partial charge < -0.3 is 14.9 Å². The van der Waals surface area contributed by atoms with Gasteiger partial charge in [-0.3, -0.25) is 0 Å². The van der Waals surface area contributed by atoms with Gasteiger partial charge in [-0.25, -0.2) is 0 Å². The van der Waals surface area contributed by atoms with E-state index >= 15 is 0 Å². The number of hydrogen-bond acceptors (Lipinski definition) is 4. The third-order valence-electron chi connectivity index (χ3n) is 1.95. The lowest BCUT2D eigenvalue weighted by molar-refractivity contribution is -0.0520. The Hall–Kier alpha value is 0.157. The summed E-state index contributed by atoms with van der Waals surface area (Å²) in [5.41, 5.74) is 0. The Labute approximate surface area is 99.7 Å². The smallest absolute Gasteiger partial charge is 0.208 e. The van der Waals surface area contributed by atoms with Crippen LogP contribution in [-0.2, 0) is 4.74 Å². The zero-order valence-corrected chi connectivity index (χ0v) is 11.3. The molecule has 0 amide bonds. The van der Waals surface area contributed by atoms with E-state index in [1.165, 1.54) is 12.8 Å². The number of ether oxygens (including phenoxy) is 1. The summed E-state index contributed by atoms with van der Waals surface area (Å²) in [4.78, 5) is 0.131. The van der Waals surface area contributed by atoms with Gasteiger partial charge in [-0.1, -0.05) is 26.2 Å². The van der Waals surface area contributed by atoms with Crippen LogP contribution >= 0.6 is 12.6 Å². The molecule has 3 nitrogen and oxygen atoms in total. The average molecular weight is 249 g/mol. The van der Waals surface area contributed by atoms with Crippen LogP contribution in [0.3, 0.4) is 0 Å². The van der Waals surface area contributed by atoms with Crippen molar-refractivity contribution in [3.63, 3.8) is 0 Å². The molecule has 0 rings (SSSR count). The highest BCUT2D eigenvalue weighted by atomic mass is 32.1. The molecule has 0 spiro atoms. The lowest BCUT2D eigenvalue weighted by Gasteiger charge is -2.11. The van der Waals surface area contributed by atoms with Crippen molar-refractivity contribution < 1.29 is 14.9 Å². The van der Waals surface area contributed by atoms with Crippen LogP contribution in [0.1, 0.15) is 39.5 Å². The maximum atomic E-state index is 9.48. The molecular weight excluding hydrogens is 228 g/mol. The Morgan fingerprint density at radius 2 is 2.07 bits per heavy atom. The second kappa shape index (κ2) is 9.39. The maximum Gasteiger partial charge on any atom is 0.208 e. The van der Waals surface area contributed by atoms with Gasteiger partial charge in [-0.2, -0.15) is 12.6 Å². The SMILES string of the molecule is CCCCCC(S)[Si]=C(O)C(O)OCC. The van der Waals surface area contributed by atoms with Crippen molar-refractivity contribution in [1.29, 1.82) is 0 Å². The second-order valence-corrected chi connectivity index (χ2v) is 5.96. The summed E-state index contributed by atoms with van der Waals surface area (Å²) in [5.74, 6) is 0. The normalized spacial score (nSPS) is 16.4. The summed E-state index contributed by atoms with van der Waals surface area (Å²) in [7, 11) is 0.143. The van der Waals surface area contributed by atoms with Crippen molar-refractivity contribution in [2.45, 2.75) is 50.7 Å². The second-order valence-electron chi connectivity index (χ2n) is 3.35. The molecule has 0 fully saturated rings. The maximum absolute atomic E-state index is 9.48. The molecule has 5 heteroatoms. The molecule has 0 bridgehead atoms. The summed E-state index contributed by atoms with van der Waals surface area (Å²) in [6.45, 7) is 4.32. The molecule has 2 N–H and O–H groups in total. The monoisotopic (exact) mass is 249 g/mol. The van der Waals surface area contributed by atoms with Gasteiger partial charge in [0, 0.05) is 11.5 Å². The van der Waals surface area contributed by atoms with E-state index in [1.54, 1.807) is 6.92 Å². The van der Waals surface area contributed by atoms with Crippen molar-refractivity contribution in [1.82, 2.24) is 0 Å². The fourth-order valence-electron chi connectivity index (χ4n) is 1.14. The molecule has 2 atom stereocenters. The number of rotatable bonds is 8. The van der Waals surface area contributed by atoms with E-state index in [0.29, 0.717) is 6.61 Å². The quantitative estimate of drug-likeness (QED) is 0.264. The molecule has 15 heavy (non-hydrogen) atoms. The molecule has 89 valence electrons. The fraction of sp³-hybridized carbons (Fsp3) is 0.900. The van der Waals surface area contributed by atoms with Crippen LogP contribution in [0.2, 0.25) is 0 Å². The third-order valence-corrected chi connectivity index (χ3v) is 3.76. The fourth-order valence-corrected chi connectivity index (χ4v) is 2.63. The van der Waals surface area contributed by atoms with Gasteiger partial charge in [0.25, 0.3) is 0 Å². The highest BCUT2D eigenvalue weighted by Gasteiger charge is 2.10. The minimum atomic E-state index is -1.14. The number of aliphatic hydroxyl groups excluding tert-OH is 2.